The number of anilines is 2. The lowest BCUT2D eigenvalue weighted by Crippen LogP contribution is -2.61. The van der Waals surface area contributed by atoms with Crippen molar-refractivity contribution in [2.45, 2.75) is 44.3 Å². The van der Waals surface area contributed by atoms with E-state index >= 15 is 4.39 Å². The molecule has 5 heteroatoms. The number of allylic oxidation sites excluding steroid dienone is 9. The first kappa shape index (κ1) is 28.2. The van der Waals surface area contributed by atoms with Gasteiger partial charge in [0.05, 0.1) is 16.9 Å². The van der Waals surface area contributed by atoms with Crippen LogP contribution in [0.5, 0.6) is 0 Å². The van der Waals surface area contributed by atoms with Crippen LogP contribution in [-0.2, 0) is 6.54 Å². The molecule has 0 saturated carbocycles. The van der Waals surface area contributed by atoms with Crippen LogP contribution in [0.3, 0.4) is 0 Å². The molecule has 216 valence electrons. The average Bonchev–Trinajstić information content (AvgIpc) is 3.16. The molecule has 2 saturated heterocycles. The topological polar surface area (TPSA) is 30.5 Å². The van der Waals surface area contributed by atoms with E-state index < -0.39 is 0 Å². The lowest BCUT2D eigenvalue weighted by molar-refractivity contribution is 0.240. The molecule has 2 fully saturated rings. The van der Waals surface area contributed by atoms with Gasteiger partial charge < -0.3 is 20.4 Å². The molecule has 0 bridgehead atoms. The number of likely N-dealkylation sites (N-methyl/N-ethyl adjacent to an activating group) is 1. The highest BCUT2D eigenvalue weighted by Crippen LogP contribution is 2.47. The van der Waals surface area contributed by atoms with Crippen molar-refractivity contribution in [1.82, 2.24) is 10.6 Å². The molecule has 2 unspecified atom stereocenters. The van der Waals surface area contributed by atoms with E-state index in [2.05, 4.69) is 101 Å². The molecule has 2 aromatic rings. The van der Waals surface area contributed by atoms with Gasteiger partial charge in [0.15, 0.2) is 0 Å². The smallest absolute Gasteiger partial charge is 0.147 e. The van der Waals surface area contributed by atoms with Crippen molar-refractivity contribution in [3.63, 3.8) is 0 Å². The lowest BCUT2D eigenvalue weighted by atomic mass is 9.85. The third kappa shape index (κ3) is 4.91. The number of halogens is 1. The maximum atomic E-state index is 16.2. The minimum atomic E-state index is -0.235. The normalized spacial score (nSPS) is 23.2. The molecular weight excluding hydrogens is 519 g/mol. The highest BCUT2D eigenvalue weighted by molar-refractivity contribution is 5.97. The number of fused-ring (bicyclic) bond motifs is 2. The van der Waals surface area contributed by atoms with Gasteiger partial charge in [0.2, 0.25) is 0 Å². The largest absolute Gasteiger partial charge is 0.365 e. The molecule has 0 amide bonds. The molecular formula is C37H41FN4. The summed E-state index contributed by atoms with van der Waals surface area (Å²) in [7, 11) is 2.03. The van der Waals surface area contributed by atoms with Crippen molar-refractivity contribution in [1.29, 1.82) is 0 Å². The quantitative estimate of drug-likeness (QED) is 0.370. The Hall–Kier alpha value is -3.93. The Morgan fingerprint density at radius 2 is 2.02 bits per heavy atom. The molecule has 6 rings (SSSR count). The Morgan fingerprint density at radius 1 is 1.21 bits per heavy atom. The van der Waals surface area contributed by atoms with Gasteiger partial charge in [-0.15, -0.1) is 0 Å². The Morgan fingerprint density at radius 3 is 2.74 bits per heavy atom. The highest BCUT2D eigenvalue weighted by Gasteiger charge is 2.48. The first-order valence-corrected chi connectivity index (χ1v) is 15.0. The second kappa shape index (κ2) is 11.4. The maximum Gasteiger partial charge on any atom is 0.147 e. The van der Waals surface area contributed by atoms with Crippen LogP contribution >= 0.6 is 0 Å². The summed E-state index contributed by atoms with van der Waals surface area (Å²) >= 11 is 0. The summed E-state index contributed by atoms with van der Waals surface area (Å²) in [6.07, 6.45) is 17.8. The predicted molar refractivity (Wildman–Crippen MR) is 177 cm³/mol. The van der Waals surface area contributed by atoms with Crippen LogP contribution in [0.2, 0.25) is 0 Å². The average molecular weight is 561 g/mol. The van der Waals surface area contributed by atoms with Gasteiger partial charge >= 0.3 is 0 Å². The lowest BCUT2D eigenvalue weighted by Gasteiger charge is -2.39. The molecule has 0 radical (unpaired) electrons. The van der Waals surface area contributed by atoms with Crippen LogP contribution in [0.15, 0.2) is 97.8 Å². The Bertz CT molecular complexity index is 1560. The van der Waals surface area contributed by atoms with Gasteiger partial charge in [0, 0.05) is 48.6 Å². The summed E-state index contributed by atoms with van der Waals surface area (Å²) in [4.78, 5) is 4.44. The van der Waals surface area contributed by atoms with Crippen molar-refractivity contribution < 1.29 is 4.39 Å². The monoisotopic (exact) mass is 560 g/mol. The minimum absolute atomic E-state index is 0.0743. The summed E-state index contributed by atoms with van der Waals surface area (Å²) in [5, 5.41) is 7.27. The summed E-state index contributed by atoms with van der Waals surface area (Å²) in [5.74, 6) is -0.235. The van der Waals surface area contributed by atoms with Gasteiger partial charge in [-0.05, 0) is 73.7 Å². The van der Waals surface area contributed by atoms with Crippen molar-refractivity contribution in [2.24, 2.45) is 0 Å². The van der Waals surface area contributed by atoms with Crippen LogP contribution in [0, 0.1) is 5.82 Å². The van der Waals surface area contributed by atoms with Crippen molar-refractivity contribution in [3.8, 4) is 0 Å². The molecule has 2 aromatic carbocycles. The van der Waals surface area contributed by atoms with Gasteiger partial charge in [-0.25, -0.2) is 4.39 Å². The van der Waals surface area contributed by atoms with E-state index in [1.807, 2.05) is 20.0 Å². The Balaban J connectivity index is 1.40. The Kier molecular flexibility index (Phi) is 7.65. The van der Waals surface area contributed by atoms with Crippen molar-refractivity contribution in [2.75, 3.05) is 36.5 Å². The van der Waals surface area contributed by atoms with Crippen molar-refractivity contribution >= 4 is 28.6 Å². The molecule has 2 atom stereocenters. The van der Waals surface area contributed by atoms with E-state index in [0.29, 0.717) is 12.2 Å². The second-order valence-electron chi connectivity index (χ2n) is 11.9. The summed E-state index contributed by atoms with van der Waals surface area (Å²) in [5.41, 5.74) is 9.32. The van der Waals surface area contributed by atoms with E-state index in [9.17, 15) is 0 Å². The van der Waals surface area contributed by atoms with Gasteiger partial charge in [0.1, 0.15) is 5.82 Å². The summed E-state index contributed by atoms with van der Waals surface area (Å²) in [6.45, 7) is 17.9. The molecule has 0 spiro atoms. The number of nitrogens with zero attached hydrogens (tertiary/aromatic N) is 2. The van der Waals surface area contributed by atoms with E-state index in [0.717, 1.165) is 78.0 Å². The molecule has 1 aliphatic carbocycles. The zero-order chi connectivity index (χ0) is 29.4. The van der Waals surface area contributed by atoms with Gasteiger partial charge in [-0.1, -0.05) is 80.5 Å². The molecule has 4 nitrogen and oxygen atoms in total. The SMILES string of the molecule is C=Cc1c2c(cc(F)c1N1CC3NCCCC3(NC)C1)C(=C)C(C(=C)C)=CN2Cc1ccc(C2=CCC=CC=C2)cc1. The molecule has 3 aliphatic heterocycles. The maximum absolute atomic E-state index is 16.2. The van der Waals surface area contributed by atoms with E-state index in [4.69, 9.17) is 0 Å². The first-order valence-electron chi connectivity index (χ1n) is 15.0. The van der Waals surface area contributed by atoms with Gasteiger partial charge in [-0.2, -0.15) is 0 Å². The molecule has 4 aliphatic rings. The standard InChI is InChI=1S/C37H41FN4/c1-6-30-35-31(20-33(38)36(30)42-23-34-37(24-42,39-5)18-11-19-40-34)26(4)32(25(2)3)22-41(35)21-27-14-16-29(17-15-27)28-12-9-7-8-10-13-28/h6-9,12-17,20,22,34,39-40H,1-2,4,10-11,18-19,21,23-24H2,3,5H3. The van der Waals surface area contributed by atoms with E-state index in [1.165, 1.54) is 11.1 Å². The fourth-order valence-electron chi connectivity index (χ4n) is 7.08. The summed E-state index contributed by atoms with van der Waals surface area (Å²) < 4.78 is 16.2. The van der Waals surface area contributed by atoms with Crippen molar-refractivity contribution in [3.05, 3.63) is 126 Å². The third-order valence-electron chi connectivity index (χ3n) is 9.33. The number of rotatable bonds is 7. The number of hydrogen-bond donors (Lipinski definition) is 2. The fourth-order valence-corrected chi connectivity index (χ4v) is 7.08. The van der Waals surface area contributed by atoms with Gasteiger partial charge in [-0.3, -0.25) is 0 Å². The molecule has 3 heterocycles. The minimum Gasteiger partial charge on any atom is -0.365 e. The van der Waals surface area contributed by atoms with E-state index in [-0.39, 0.29) is 17.4 Å². The van der Waals surface area contributed by atoms with Gasteiger partial charge in [0.25, 0.3) is 0 Å². The zero-order valence-corrected chi connectivity index (χ0v) is 24.8. The Labute approximate surface area is 250 Å². The van der Waals surface area contributed by atoms with E-state index in [1.54, 1.807) is 6.07 Å². The van der Waals surface area contributed by atoms with Crippen LogP contribution in [-0.4, -0.2) is 38.3 Å². The van der Waals surface area contributed by atoms with Crippen LogP contribution in [0.25, 0.3) is 17.2 Å². The molecule has 2 N–H and O–H groups in total. The first-order chi connectivity index (χ1) is 20.3. The number of piperidine rings is 1. The fraction of sp³-hybridized carbons (Fsp3) is 0.297. The zero-order valence-electron chi connectivity index (χ0n) is 24.8. The van der Waals surface area contributed by atoms with Crippen LogP contribution < -0.4 is 20.4 Å². The molecule has 0 aromatic heterocycles. The predicted octanol–water partition coefficient (Wildman–Crippen LogP) is 7.39. The number of nitrogens with one attached hydrogen (secondary N) is 2. The highest BCUT2D eigenvalue weighted by atomic mass is 19.1. The summed E-state index contributed by atoms with van der Waals surface area (Å²) in [6, 6.07) is 10.7. The third-order valence-corrected chi connectivity index (χ3v) is 9.33. The second-order valence-corrected chi connectivity index (χ2v) is 11.9. The number of benzene rings is 2. The molecule has 42 heavy (non-hydrogen) atoms. The number of hydrogen-bond acceptors (Lipinski definition) is 4. The van der Waals surface area contributed by atoms with Crippen LogP contribution in [0.1, 0.15) is 48.4 Å². The van der Waals surface area contributed by atoms with Crippen LogP contribution in [0.4, 0.5) is 15.8 Å².